The van der Waals surface area contributed by atoms with Crippen molar-refractivity contribution in [2.75, 3.05) is 0 Å². The van der Waals surface area contributed by atoms with Crippen molar-refractivity contribution in [3.63, 3.8) is 0 Å². The van der Waals surface area contributed by atoms with Gasteiger partial charge in [0.05, 0.1) is 11.3 Å². The van der Waals surface area contributed by atoms with Crippen LogP contribution in [0.5, 0.6) is 0 Å². The first-order chi connectivity index (χ1) is 8.45. The first-order valence-electron chi connectivity index (χ1n) is 4.81. The molecule has 0 saturated heterocycles. The zero-order valence-electron chi connectivity index (χ0n) is 8.78. The molecule has 2 rings (SSSR count). The maximum absolute atomic E-state index is 12.7. The fourth-order valence-corrected chi connectivity index (χ4v) is 1.73. The highest BCUT2D eigenvalue weighted by Gasteiger charge is 2.39. The van der Waals surface area contributed by atoms with Crippen molar-refractivity contribution in [1.82, 2.24) is 9.78 Å². The minimum atomic E-state index is -4.72. The van der Waals surface area contributed by atoms with Crippen LogP contribution >= 0.6 is 11.6 Å². The molecule has 7 heteroatoms. The van der Waals surface area contributed by atoms with Crippen LogP contribution in [0, 0.1) is 0 Å². The van der Waals surface area contributed by atoms with E-state index in [-0.39, 0.29) is 11.4 Å². The van der Waals surface area contributed by atoms with Crippen LogP contribution in [0.1, 0.15) is 16.1 Å². The SMILES string of the molecule is O=Cc1c(C(F)(F)F)nn(-c2ccccc2)c1Cl. The average molecular weight is 275 g/mol. The van der Waals surface area contributed by atoms with E-state index in [9.17, 15) is 18.0 Å². The summed E-state index contributed by atoms with van der Waals surface area (Å²) in [5.74, 6) is 0. The summed E-state index contributed by atoms with van der Waals surface area (Å²) in [6.07, 6.45) is -4.67. The van der Waals surface area contributed by atoms with Gasteiger partial charge < -0.3 is 0 Å². The number of aromatic nitrogens is 2. The number of para-hydroxylation sites is 1. The zero-order valence-corrected chi connectivity index (χ0v) is 9.53. The van der Waals surface area contributed by atoms with Crippen LogP contribution in [0.4, 0.5) is 13.2 Å². The highest BCUT2D eigenvalue weighted by Crippen LogP contribution is 2.34. The highest BCUT2D eigenvalue weighted by atomic mass is 35.5. The van der Waals surface area contributed by atoms with Gasteiger partial charge in [-0.1, -0.05) is 29.8 Å². The van der Waals surface area contributed by atoms with Gasteiger partial charge >= 0.3 is 6.18 Å². The number of carbonyl (C=O) groups excluding carboxylic acids is 1. The van der Waals surface area contributed by atoms with Crippen molar-refractivity contribution in [3.05, 3.63) is 46.7 Å². The molecule has 0 amide bonds. The van der Waals surface area contributed by atoms with Gasteiger partial charge in [-0.05, 0) is 12.1 Å². The van der Waals surface area contributed by atoms with Crippen molar-refractivity contribution in [3.8, 4) is 5.69 Å². The van der Waals surface area contributed by atoms with E-state index in [0.717, 1.165) is 4.68 Å². The first kappa shape index (κ1) is 12.6. The Morgan fingerprint density at radius 2 is 1.83 bits per heavy atom. The zero-order chi connectivity index (χ0) is 13.3. The molecule has 0 fully saturated rings. The monoisotopic (exact) mass is 274 g/mol. The number of halogens is 4. The van der Waals surface area contributed by atoms with Gasteiger partial charge in [-0.15, -0.1) is 0 Å². The van der Waals surface area contributed by atoms with Crippen molar-refractivity contribution in [1.29, 1.82) is 0 Å². The predicted molar refractivity (Wildman–Crippen MR) is 59.0 cm³/mol. The lowest BCUT2D eigenvalue weighted by Gasteiger charge is -2.02. The maximum Gasteiger partial charge on any atom is 0.435 e. The number of aldehydes is 1. The van der Waals surface area contributed by atoms with Crippen molar-refractivity contribution in [2.24, 2.45) is 0 Å². The number of hydrogen-bond acceptors (Lipinski definition) is 2. The normalized spacial score (nSPS) is 11.6. The molecule has 0 bridgehead atoms. The Morgan fingerprint density at radius 3 is 2.28 bits per heavy atom. The summed E-state index contributed by atoms with van der Waals surface area (Å²) in [6, 6.07) is 8.02. The van der Waals surface area contributed by atoms with Gasteiger partial charge in [0.2, 0.25) is 0 Å². The Morgan fingerprint density at radius 1 is 1.22 bits per heavy atom. The van der Waals surface area contributed by atoms with Gasteiger partial charge in [0.25, 0.3) is 0 Å². The molecule has 1 aromatic carbocycles. The molecule has 0 radical (unpaired) electrons. The molecule has 0 atom stereocenters. The summed E-state index contributed by atoms with van der Waals surface area (Å²) in [5.41, 5.74) is -1.60. The molecule has 1 heterocycles. The lowest BCUT2D eigenvalue weighted by atomic mass is 10.2. The van der Waals surface area contributed by atoms with Gasteiger partial charge in [0.15, 0.2) is 12.0 Å². The number of benzene rings is 1. The molecule has 0 aliphatic rings. The third-order valence-corrected chi connectivity index (χ3v) is 2.61. The number of rotatable bonds is 2. The smallest absolute Gasteiger partial charge is 0.298 e. The van der Waals surface area contributed by atoms with Crippen LogP contribution in [0.15, 0.2) is 30.3 Å². The molecule has 18 heavy (non-hydrogen) atoms. The second-order valence-electron chi connectivity index (χ2n) is 3.42. The molecule has 2 aromatic rings. The topological polar surface area (TPSA) is 34.9 Å². The molecular formula is C11H6ClF3N2O. The molecule has 3 nitrogen and oxygen atoms in total. The summed E-state index contributed by atoms with van der Waals surface area (Å²) in [7, 11) is 0. The standard InChI is InChI=1S/C11H6ClF3N2O/c12-10-8(6-18)9(11(13,14)15)16-17(10)7-4-2-1-3-5-7/h1-6H. The number of alkyl halides is 3. The summed E-state index contributed by atoms with van der Waals surface area (Å²) in [5, 5.41) is 2.99. The summed E-state index contributed by atoms with van der Waals surface area (Å²) in [4.78, 5) is 10.7. The second kappa shape index (κ2) is 4.45. The number of carbonyl (C=O) groups is 1. The van der Waals surface area contributed by atoms with Crippen LogP contribution in [0.25, 0.3) is 5.69 Å². The minimum absolute atomic E-state index is 0.0532. The van der Waals surface area contributed by atoms with Crippen LogP contribution in [0.3, 0.4) is 0 Å². The van der Waals surface area contributed by atoms with Gasteiger partial charge in [-0.25, -0.2) is 4.68 Å². The minimum Gasteiger partial charge on any atom is -0.298 e. The third kappa shape index (κ3) is 2.11. The second-order valence-corrected chi connectivity index (χ2v) is 3.77. The van der Waals surface area contributed by atoms with Crippen LogP contribution < -0.4 is 0 Å². The lowest BCUT2D eigenvalue weighted by Crippen LogP contribution is -2.09. The molecular weight excluding hydrogens is 269 g/mol. The van der Waals surface area contributed by atoms with E-state index < -0.39 is 17.4 Å². The van der Waals surface area contributed by atoms with Crippen LogP contribution in [-0.2, 0) is 6.18 Å². The fraction of sp³-hybridized carbons (Fsp3) is 0.0909. The molecule has 0 spiro atoms. The molecule has 0 saturated carbocycles. The van der Waals surface area contributed by atoms with Gasteiger partial charge in [-0.3, -0.25) is 4.79 Å². The molecule has 0 aliphatic carbocycles. The van der Waals surface area contributed by atoms with Gasteiger partial charge in [-0.2, -0.15) is 18.3 Å². The quantitative estimate of drug-likeness (QED) is 0.787. The highest BCUT2D eigenvalue weighted by molar-refractivity contribution is 6.32. The lowest BCUT2D eigenvalue weighted by molar-refractivity contribution is -0.141. The van der Waals surface area contributed by atoms with Crippen LogP contribution in [0.2, 0.25) is 5.15 Å². The van der Waals surface area contributed by atoms with Crippen molar-refractivity contribution >= 4 is 17.9 Å². The molecule has 0 N–H and O–H groups in total. The average Bonchev–Trinajstić information content (AvgIpc) is 2.67. The molecule has 1 aromatic heterocycles. The Hall–Kier alpha value is -1.82. The van der Waals surface area contributed by atoms with Crippen molar-refractivity contribution in [2.45, 2.75) is 6.18 Å². The largest absolute Gasteiger partial charge is 0.435 e. The Labute approximate surface area is 105 Å². The van der Waals surface area contributed by atoms with Crippen molar-refractivity contribution < 1.29 is 18.0 Å². The third-order valence-electron chi connectivity index (χ3n) is 2.25. The fourth-order valence-electron chi connectivity index (χ4n) is 1.46. The molecule has 94 valence electrons. The summed E-state index contributed by atoms with van der Waals surface area (Å²) in [6.45, 7) is 0. The number of hydrogen-bond donors (Lipinski definition) is 0. The van der Waals surface area contributed by atoms with E-state index in [2.05, 4.69) is 5.10 Å². The Kier molecular flexibility index (Phi) is 3.13. The van der Waals surface area contributed by atoms with Crippen LogP contribution in [-0.4, -0.2) is 16.1 Å². The maximum atomic E-state index is 12.7. The van der Waals surface area contributed by atoms with E-state index in [1.54, 1.807) is 18.2 Å². The van der Waals surface area contributed by atoms with Gasteiger partial charge in [0, 0.05) is 0 Å². The molecule has 0 unspecified atom stereocenters. The first-order valence-corrected chi connectivity index (χ1v) is 5.19. The van der Waals surface area contributed by atoms with E-state index in [0.29, 0.717) is 5.69 Å². The summed E-state index contributed by atoms with van der Waals surface area (Å²) < 4.78 is 38.8. The predicted octanol–water partition coefficient (Wildman–Crippen LogP) is 3.36. The van der Waals surface area contributed by atoms with E-state index >= 15 is 0 Å². The van der Waals surface area contributed by atoms with E-state index in [1.807, 2.05) is 0 Å². The summed E-state index contributed by atoms with van der Waals surface area (Å²) >= 11 is 5.74. The number of nitrogens with zero attached hydrogens (tertiary/aromatic N) is 2. The Bertz CT molecular complexity index is 578. The van der Waals surface area contributed by atoms with E-state index in [1.165, 1.54) is 12.1 Å². The van der Waals surface area contributed by atoms with E-state index in [4.69, 9.17) is 11.6 Å². The molecule has 0 aliphatic heterocycles. The Balaban J connectivity index is 2.65. The van der Waals surface area contributed by atoms with Gasteiger partial charge in [0.1, 0.15) is 5.15 Å².